The van der Waals surface area contributed by atoms with Gasteiger partial charge in [-0.15, -0.1) is 0 Å². The molecule has 1 aromatic carbocycles. The molecule has 2 atom stereocenters. The molecule has 0 aromatic heterocycles. The summed E-state index contributed by atoms with van der Waals surface area (Å²) in [5, 5.41) is 0. The van der Waals surface area contributed by atoms with E-state index in [1.165, 1.54) is 18.9 Å². The van der Waals surface area contributed by atoms with Crippen molar-refractivity contribution in [1.82, 2.24) is 0 Å². The quantitative estimate of drug-likeness (QED) is 0.755. The van der Waals surface area contributed by atoms with E-state index >= 15 is 0 Å². The van der Waals surface area contributed by atoms with Crippen molar-refractivity contribution in [3.63, 3.8) is 0 Å². The lowest BCUT2D eigenvalue weighted by molar-refractivity contribution is 0.222. The van der Waals surface area contributed by atoms with Crippen molar-refractivity contribution in [2.24, 2.45) is 11.7 Å². The van der Waals surface area contributed by atoms with Gasteiger partial charge < -0.3 is 10.5 Å². The van der Waals surface area contributed by atoms with Gasteiger partial charge in [-0.05, 0) is 25.3 Å². The predicted molar refractivity (Wildman–Crippen MR) is 77.8 cm³/mol. The zero-order valence-electron chi connectivity index (χ0n) is 12.3. The fraction of sp³-hybridized carbons (Fsp3) is 0.625. The van der Waals surface area contributed by atoms with Crippen LogP contribution in [0.5, 0.6) is 5.75 Å². The van der Waals surface area contributed by atoms with Crippen LogP contribution in [-0.4, -0.2) is 6.61 Å². The Morgan fingerprint density at radius 1 is 1.32 bits per heavy atom. The van der Waals surface area contributed by atoms with Crippen LogP contribution in [0.25, 0.3) is 0 Å². The summed E-state index contributed by atoms with van der Waals surface area (Å²) in [6.07, 6.45) is 4.57. The second-order valence-corrected chi connectivity index (χ2v) is 5.17. The lowest BCUT2D eigenvalue weighted by Crippen LogP contribution is -2.15. The number of nitrogens with two attached hydrogens (primary N) is 1. The van der Waals surface area contributed by atoms with Crippen LogP contribution in [0, 0.1) is 11.7 Å². The zero-order valence-corrected chi connectivity index (χ0v) is 12.3. The molecule has 0 aliphatic carbocycles. The molecule has 0 aliphatic rings. The van der Waals surface area contributed by atoms with Gasteiger partial charge >= 0.3 is 0 Å². The molecule has 19 heavy (non-hydrogen) atoms. The first-order chi connectivity index (χ1) is 9.10. The van der Waals surface area contributed by atoms with Gasteiger partial charge in [-0.25, -0.2) is 4.39 Å². The minimum Gasteiger partial charge on any atom is -0.490 e. The van der Waals surface area contributed by atoms with E-state index in [2.05, 4.69) is 13.8 Å². The molecule has 0 amide bonds. The summed E-state index contributed by atoms with van der Waals surface area (Å²) >= 11 is 0. The lowest BCUT2D eigenvalue weighted by Gasteiger charge is -2.19. The molecule has 0 radical (unpaired) electrons. The largest absolute Gasteiger partial charge is 0.490 e. The van der Waals surface area contributed by atoms with E-state index in [-0.39, 0.29) is 11.9 Å². The maximum absolute atomic E-state index is 13.8. The number of benzene rings is 1. The Morgan fingerprint density at radius 3 is 2.63 bits per heavy atom. The highest BCUT2D eigenvalue weighted by molar-refractivity contribution is 5.36. The van der Waals surface area contributed by atoms with Gasteiger partial charge in [0.15, 0.2) is 11.6 Å². The van der Waals surface area contributed by atoms with Gasteiger partial charge in [0.1, 0.15) is 0 Å². The Morgan fingerprint density at radius 2 is 2.05 bits per heavy atom. The van der Waals surface area contributed by atoms with Gasteiger partial charge in [0.05, 0.1) is 6.61 Å². The molecule has 0 heterocycles. The highest BCUT2D eigenvalue weighted by Gasteiger charge is 2.15. The number of unbranched alkanes of at least 4 members (excludes halogenated alkanes) is 1. The standard InChI is InChI=1S/C16H26FNO/c1-4-6-8-13(5-2)11-19-16-14(12(3)18)9-7-10-15(16)17/h7,9-10,12-13H,4-6,8,11,18H2,1-3H3. The molecule has 0 saturated carbocycles. The third kappa shape index (κ3) is 4.83. The van der Waals surface area contributed by atoms with E-state index in [0.717, 1.165) is 18.4 Å². The molecule has 1 aromatic rings. The van der Waals surface area contributed by atoms with Gasteiger partial charge in [0.25, 0.3) is 0 Å². The summed E-state index contributed by atoms with van der Waals surface area (Å²) in [5.74, 6) is 0.494. The fourth-order valence-corrected chi connectivity index (χ4v) is 2.14. The van der Waals surface area contributed by atoms with Crippen LogP contribution >= 0.6 is 0 Å². The molecule has 1 rings (SSSR count). The van der Waals surface area contributed by atoms with Crippen LogP contribution in [0.4, 0.5) is 4.39 Å². The van der Waals surface area contributed by atoms with Crippen molar-refractivity contribution in [2.45, 2.75) is 52.5 Å². The van der Waals surface area contributed by atoms with Crippen molar-refractivity contribution in [1.29, 1.82) is 0 Å². The molecule has 2 N–H and O–H groups in total. The Bertz CT molecular complexity index is 379. The molecule has 0 saturated heterocycles. The number of halogens is 1. The van der Waals surface area contributed by atoms with Gasteiger partial charge in [0, 0.05) is 11.6 Å². The number of para-hydroxylation sites is 1. The average Bonchev–Trinajstić information content (AvgIpc) is 2.40. The fourth-order valence-electron chi connectivity index (χ4n) is 2.14. The molecule has 2 unspecified atom stereocenters. The highest BCUT2D eigenvalue weighted by Crippen LogP contribution is 2.28. The summed E-state index contributed by atoms with van der Waals surface area (Å²) in [5.41, 5.74) is 6.60. The third-order valence-electron chi connectivity index (χ3n) is 3.49. The van der Waals surface area contributed by atoms with Gasteiger partial charge in [-0.2, -0.15) is 0 Å². The maximum atomic E-state index is 13.8. The van der Waals surface area contributed by atoms with Crippen molar-refractivity contribution in [3.8, 4) is 5.75 Å². The van der Waals surface area contributed by atoms with E-state index < -0.39 is 0 Å². The molecule has 108 valence electrons. The lowest BCUT2D eigenvalue weighted by atomic mass is 10.0. The first-order valence-electron chi connectivity index (χ1n) is 7.26. The van der Waals surface area contributed by atoms with E-state index in [1.807, 2.05) is 13.0 Å². The molecule has 0 bridgehead atoms. The first kappa shape index (κ1) is 16.0. The van der Waals surface area contributed by atoms with Crippen molar-refractivity contribution < 1.29 is 9.13 Å². The van der Waals surface area contributed by atoms with E-state index in [4.69, 9.17) is 10.5 Å². The second kappa shape index (κ2) is 8.16. The Hall–Kier alpha value is -1.09. The molecule has 0 fully saturated rings. The van der Waals surface area contributed by atoms with Gasteiger partial charge in [-0.3, -0.25) is 0 Å². The summed E-state index contributed by atoms with van der Waals surface area (Å²) < 4.78 is 19.6. The average molecular weight is 267 g/mol. The zero-order chi connectivity index (χ0) is 14.3. The molecule has 0 aliphatic heterocycles. The summed E-state index contributed by atoms with van der Waals surface area (Å²) in [7, 11) is 0. The maximum Gasteiger partial charge on any atom is 0.165 e. The van der Waals surface area contributed by atoms with Crippen LogP contribution in [0.1, 0.15) is 58.1 Å². The Kier molecular flexibility index (Phi) is 6.85. The molecule has 0 spiro atoms. The predicted octanol–water partition coefficient (Wildman–Crippen LogP) is 4.44. The normalized spacial score (nSPS) is 14.2. The van der Waals surface area contributed by atoms with Crippen LogP contribution in [0.2, 0.25) is 0 Å². The summed E-state index contributed by atoms with van der Waals surface area (Å²) in [6.45, 7) is 6.74. The van der Waals surface area contributed by atoms with Crippen LogP contribution in [-0.2, 0) is 0 Å². The molecular formula is C16H26FNO. The van der Waals surface area contributed by atoms with E-state index in [0.29, 0.717) is 18.3 Å². The molecule has 3 heteroatoms. The minimum atomic E-state index is -0.319. The van der Waals surface area contributed by atoms with Crippen molar-refractivity contribution >= 4 is 0 Å². The smallest absolute Gasteiger partial charge is 0.165 e. The minimum absolute atomic E-state index is 0.221. The first-order valence-corrected chi connectivity index (χ1v) is 7.26. The number of hydrogen-bond donors (Lipinski definition) is 1. The van der Waals surface area contributed by atoms with Crippen molar-refractivity contribution in [3.05, 3.63) is 29.6 Å². The second-order valence-electron chi connectivity index (χ2n) is 5.17. The number of ether oxygens (including phenoxy) is 1. The van der Waals surface area contributed by atoms with Crippen LogP contribution < -0.4 is 10.5 Å². The topological polar surface area (TPSA) is 35.2 Å². The number of rotatable bonds is 8. The Labute approximate surface area is 116 Å². The third-order valence-corrected chi connectivity index (χ3v) is 3.49. The molecule has 2 nitrogen and oxygen atoms in total. The summed E-state index contributed by atoms with van der Waals surface area (Å²) in [6, 6.07) is 4.71. The molecular weight excluding hydrogens is 241 g/mol. The SMILES string of the molecule is CCCCC(CC)COc1c(F)cccc1C(C)N. The van der Waals surface area contributed by atoms with Crippen LogP contribution in [0.15, 0.2) is 18.2 Å². The number of hydrogen-bond acceptors (Lipinski definition) is 2. The van der Waals surface area contributed by atoms with Crippen LogP contribution in [0.3, 0.4) is 0 Å². The van der Waals surface area contributed by atoms with Crippen molar-refractivity contribution in [2.75, 3.05) is 6.61 Å². The van der Waals surface area contributed by atoms with Gasteiger partial charge in [-0.1, -0.05) is 45.2 Å². The highest BCUT2D eigenvalue weighted by atomic mass is 19.1. The van der Waals surface area contributed by atoms with E-state index in [9.17, 15) is 4.39 Å². The Balaban J connectivity index is 2.70. The summed E-state index contributed by atoms with van der Waals surface area (Å²) in [4.78, 5) is 0. The van der Waals surface area contributed by atoms with E-state index in [1.54, 1.807) is 6.07 Å². The monoisotopic (exact) mass is 267 g/mol. The van der Waals surface area contributed by atoms with Gasteiger partial charge in [0.2, 0.25) is 0 Å².